The van der Waals surface area contributed by atoms with Crippen molar-refractivity contribution in [3.63, 3.8) is 0 Å². The van der Waals surface area contributed by atoms with Crippen LogP contribution < -0.4 is 19.5 Å². The number of hydrogen-bond donors (Lipinski definition) is 1. The molecule has 1 N–H and O–H groups in total. The standard InChI is InChI=1S/C23H22N2O6/c1-3-30-22-14-20(25(27)28)19(13-21(22)29-2)23(26)24-17-9-11-18(12-10-17)31-15-16-7-5-4-6-8-16/h4-14H,3,15H2,1-2H3,(H,24,26). The number of rotatable bonds is 9. The highest BCUT2D eigenvalue weighted by atomic mass is 16.6. The molecular formula is C23H22N2O6. The lowest BCUT2D eigenvalue weighted by Gasteiger charge is -2.12. The van der Waals surface area contributed by atoms with Crippen LogP contribution in [0.4, 0.5) is 11.4 Å². The minimum atomic E-state index is -0.633. The van der Waals surface area contributed by atoms with Gasteiger partial charge in [0.15, 0.2) is 11.5 Å². The zero-order chi connectivity index (χ0) is 22.2. The molecule has 0 heterocycles. The molecule has 0 aromatic heterocycles. The highest BCUT2D eigenvalue weighted by molar-refractivity contribution is 6.07. The van der Waals surface area contributed by atoms with Gasteiger partial charge in [0.1, 0.15) is 17.9 Å². The summed E-state index contributed by atoms with van der Waals surface area (Å²) in [6.07, 6.45) is 0. The van der Waals surface area contributed by atoms with E-state index in [0.717, 1.165) is 5.56 Å². The predicted octanol–water partition coefficient (Wildman–Crippen LogP) is 4.83. The third-order valence-electron chi connectivity index (χ3n) is 4.38. The summed E-state index contributed by atoms with van der Waals surface area (Å²) >= 11 is 0. The van der Waals surface area contributed by atoms with Gasteiger partial charge in [-0.15, -0.1) is 0 Å². The molecule has 0 fully saturated rings. The molecule has 0 atom stereocenters. The normalized spacial score (nSPS) is 10.3. The summed E-state index contributed by atoms with van der Waals surface area (Å²) in [4.78, 5) is 23.6. The molecule has 0 aliphatic carbocycles. The van der Waals surface area contributed by atoms with Crippen molar-refractivity contribution in [2.24, 2.45) is 0 Å². The minimum Gasteiger partial charge on any atom is -0.493 e. The number of amides is 1. The fourth-order valence-electron chi connectivity index (χ4n) is 2.88. The van der Waals surface area contributed by atoms with E-state index in [1.807, 2.05) is 30.3 Å². The molecule has 0 saturated carbocycles. The Balaban J connectivity index is 1.74. The van der Waals surface area contributed by atoms with Crippen molar-refractivity contribution in [3.8, 4) is 17.2 Å². The van der Waals surface area contributed by atoms with Gasteiger partial charge in [-0.25, -0.2) is 0 Å². The SMILES string of the molecule is CCOc1cc([N+](=O)[O-])c(C(=O)Nc2ccc(OCc3ccccc3)cc2)cc1OC. The second-order valence-electron chi connectivity index (χ2n) is 6.46. The monoisotopic (exact) mass is 422 g/mol. The zero-order valence-corrected chi connectivity index (χ0v) is 17.2. The molecule has 31 heavy (non-hydrogen) atoms. The molecule has 0 aliphatic rings. The average molecular weight is 422 g/mol. The first kappa shape index (κ1) is 21.6. The Labute approximate surface area is 179 Å². The lowest BCUT2D eigenvalue weighted by molar-refractivity contribution is -0.385. The molecule has 3 rings (SSSR count). The van der Waals surface area contributed by atoms with Gasteiger partial charge in [0, 0.05) is 11.8 Å². The highest BCUT2D eigenvalue weighted by Crippen LogP contribution is 2.35. The second kappa shape index (κ2) is 10.1. The van der Waals surface area contributed by atoms with E-state index in [-0.39, 0.29) is 22.7 Å². The van der Waals surface area contributed by atoms with Crippen LogP contribution in [0, 0.1) is 10.1 Å². The van der Waals surface area contributed by atoms with E-state index in [9.17, 15) is 14.9 Å². The van der Waals surface area contributed by atoms with Gasteiger partial charge in [-0.05, 0) is 36.8 Å². The number of nitrogens with one attached hydrogen (secondary N) is 1. The summed E-state index contributed by atoms with van der Waals surface area (Å²) in [5.74, 6) is 0.442. The second-order valence-corrected chi connectivity index (χ2v) is 6.46. The van der Waals surface area contributed by atoms with Crippen LogP contribution in [-0.4, -0.2) is 24.5 Å². The van der Waals surface area contributed by atoms with Gasteiger partial charge in [-0.2, -0.15) is 0 Å². The Morgan fingerprint density at radius 3 is 2.32 bits per heavy atom. The van der Waals surface area contributed by atoms with Crippen LogP contribution in [0.25, 0.3) is 0 Å². The Kier molecular flexibility index (Phi) is 7.05. The van der Waals surface area contributed by atoms with Crippen LogP contribution in [0.5, 0.6) is 17.2 Å². The summed E-state index contributed by atoms with van der Waals surface area (Å²) in [6.45, 7) is 2.47. The Morgan fingerprint density at radius 1 is 1.00 bits per heavy atom. The number of carbonyl (C=O) groups is 1. The van der Waals surface area contributed by atoms with E-state index in [1.165, 1.54) is 19.2 Å². The molecule has 0 unspecified atom stereocenters. The number of ether oxygens (including phenoxy) is 3. The molecule has 0 bridgehead atoms. The summed E-state index contributed by atoms with van der Waals surface area (Å²) in [5, 5.41) is 14.1. The quantitative estimate of drug-likeness (QED) is 0.391. The van der Waals surface area contributed by atoms with E-state index in [0.29, 0.717) is 24.7 Å². The fraction of sp³-hybridized carbons (Fsp3) is 0.174. The summed E-state index contributed by atoms with van der Waals surface area (Å²) < 4.78 is 16.3. The van der Waals surface area contributed by atoms with E-state index in [4.69, 9.17) is 14.2 Å². The maximum absolute atomic E-state index is 12.7. The van der Waals surface area contributed by atoms with Crippen molar-refractivity contribution in [3.05, 3.63) is 88.0 Å². The maximum atomic E-state index is 12.7. The van der Waals surface area contributed by atoms with Crippen LogP contribution in [0.15, 0.2) is 66.7 Å². The number of methoxy groups -OCH3 is 1. The van der Waals surface area contributed by atoms with Crippen LogP contribution >= 0.6 is 0 Å². The number of nitrogens with zero attached hydrogens (tertiary/aromatic N) is 1. The number of benzene rings is 3. The van der Waals surface area contributed by atoms with Gasteiger partial charge in [0.2, 0.25) is 0 Å². The first-order valence-corrected chi connectivity index (χ1v) is 9.59. The van der Waals surface area contributed by atoms with Crippen molar-refractivity contribution in [1.29, 1.82) is 0 Å². The van der Waals surface area contributed by atoms with Gasteiger partial charge in [-0.3, -0.25) is 14.9 Å². The van der Waals surface area contributed by atoms with Crippen molar-refractivity contribution in [2.45, 2.75) is 13.5 Å². The van der Waals surface area contributed by atoms with Gasteiger partial charge in [0.05, 0.1) is 24.7 Å². The van der Waals surface area contributed by atoms with Crippen molar-refractivity contribution >= 4 is 17.3 Å². The molecule has 160 valence electrons. The topological polar surface area (TPSA) is 99.9 Å². The van der Waals surface area contributed by atoms with Crippen molar-refractivity contribution in [2.75, 3.05) is 19.0 Å². The predicted molar refractivity (Wildman–Crippen MR) is 116 cm³/mol. The van der Waals surface area contributed by atoms with E-state index >= 15 is 0 Å². The molecule has 0 spiro atoms. The van der Waals surface area contributed by atoms with E-state index in [2.05, 4.69) is 5.32 Å². The summed E-state index contributed by atoms with van der Waals surface area (Å²) in [7, 11) is 1.40. The number of anilines is 1. The molecule has 0 saturated heterocycles. The third kappa shape index (κ3) is 5.51. The lowest BCUT2D eigenvalue weighted by atomic mass is 10.1. The van der Waals surface area contributed by atoms with Gasteiger partial charge >= 0.3 is 0 Å². The van der Waals surface area contributed by atoms with Crippen molar-refractivity contribution in [1.82, 2.24) is 0 Å². The fourth-order valence-corrected chi connectivity index (χ4v) is 2.88. The molecule has 3 aromatic carbocycles. The molecule has 8 heteroatoms. The van der Waals surface area contributed by atoms with E-state index in [1.54, 1.807) is 31.2 Å². The van der Waals surface area contributed by atoms with Crippen LogP contribution in [0.1, 0.15) is 22.8 Å². The van der Waals surface area contributed by atoms with Gasteiger partial charge in [0.25, 0.3) is 11.6 Å². The molecule has 3 aromatic rings. The molecule has 1 amide bonds. The lowest BCUT2D eigenvalue weighted by Crippen LogP contribution is -2.14. The zero-order valence-electron chi connectivity index (χ0n) is 17.2. The molecule has 0 aliphatic heterocycles. The van der Waals surface area contributed by atoms with Gasteiger partial charge < -0.3 is 19.5 Å². The van der Waals surface area contributed by atoms with E-state index < -0.39 is 10.8 Å². The maximum Gasteiger partial charge on any atom is 0.286 e. The minimum absolute atomic E-state index is 0.130. The smallest absolute Gasteiger partial charge is 0.286 e. The van der Waals surface area contributed by atoms with Crippen LogP contribution in [-0.2, 0) is 6.61 Å². The average Bonchev–Trinajstić information content (AvgIpc) is 2.79. The first-order valence-electron chi connectivity index (χ1n) is 9.59. The number of carbonyl (C=O) groups excluding carboxylic acids is 1. The highest BCUT2D eigenvalue weighted by Gasteiger charge is 2.25. The molecule has 8 nitrogen and oxygen atoms in total. The van der Waals surface area contributed by atoms with Crippen molar-refractivity contribution < 1.29 is 23.9 Å². The number of hydrogen-bond acceptors (Lipinski definition) is 6. The summed E-state index contributed by atoms with van der Waals surface area (Å²) in [5.41, 5.74) is 1.01. The largest absolute Gasteiger partial charge is 0.493 e. The Hall–Kier alpha value is -4.07. The van der Waals surface area contributed by atoms with Gasteiger partial charge in [-0.1, -0.05) is 30.3 Å². The first-order chi connectivity index (χ1) is 15.0. The Bertz CT molecular complexity index is 1050. The number of nitro groups is 1. The van der Waals surface area contributed by atoms with Crippen LogP contribution in [0.3, 0.4) is 0 Å². The summed E-state index contributed by atoms with van der Waals surface area (Å²) in [6, 6.07) is 19.0. The van der Waals surface area contributed by atoms with Crippen LogP contribution in [0.2, 0.25) is 0 Å². The third-order valence-corrected chi connectivity index (χ3v) is 4.38. The molecule has 0 radical (unpaired) electrons. The molecular weight excluding hydrogens is 400 g/mol. The number of nitro benzene ring substituents is 1. The Morgan fingerprint density at radius 2 is 1.71 bits per heavy atom.